The third-order valence-electron chi connectivity index (χ3n) is 13.0. The molecule has 4 aliphatic rings. The van der Waals surface area contributed by atoms with E-state index in [9.17, 15) is 39.3 Å². The maximum Gasteiger partial charge on any atom is 0.329 e. The summed E-state index contributed by atoms with van der Waals surface area (Å²) in [6.07, 6.45) is 1.97. The second kappa shape index (κ2) is 21.1. The van der Waals surface area contributed by atoms with E-state index in [2.05, 4.69) is 0 Å². The van der Waals surface area contributed by atoms with Gasteiger partial charge in [-0.15, -0.1) is 0 Å². The van der Waals surface area contributed by atoms with Crippen LogP contribution in [0.2, 0.25) is 0 Å². The average molecular weight is 820 g/mol. The van der Waals surface area contributed by atoms with Crippen LogP contribution in [-0.2, 0) is 47.7 Å². The van der Waals surface area contributed by atoms with Crippen molar-refractivity contribution in [2.75, 3.05) is 27.9 Å². The molecule has 0 spiro atoms. The summed E-state index contributed by atoms with van der Waals surface area (Å²) in [5.41, 5.74) is 1.46. The maximum atomic E-state index is 14.3. The molecule has 328 valence electrons. The summed E-state index contributed by atoms with van der Waals surface area (Å²) in [4.78, 5) is 70.3. The van der Waals surface area contributed by atoms with Crippen LogP contribution in [0.1, 0.15) is 112 Å². The van der Waals surface area contributed by atoms with E-state index < -0.39 is 83.9 Å². The number of nitrogens with zero attached hydrogens (tertiary/aromatic N) is 1. The van der Waals surface area contributed by atoms with Gasteiger partial charge in [0.25, 0.3) is 11.7 Å². The molecular weight excluding hydrogens is 750 g/mol. The molecule has 1 aliphatic carbocycles. The molecule has 3 N–H and O–H groups in total. The molecule has 1 saturated carbocycles. The lowest BCUT2D eigenvalue weighted by molar-refractivity contribution is -0.302. The summed E-state index contributed by atoms with van der Waals surface area (Å²) < 4.78 is 29.7. The first-order valence-corrected chi connectivity index (χ1v) is 21.1. The van der Waals surface area contributed by atoms with Crippen molar-refractivity contribution in [2.24, 2.45) is 29.6 Å². The number of piperidine rings is 1. The van der Waals surface area contributed by atoms with E-state index in [0.29, 0.717) is 50.5 Å². The molecule has 58 heavy (non-hydrogen) atoms. The minimum atomic E-state index is -2.54. The van der Waals surface area contributed by atoms with Gasteiger partial charge < -0.3 is 43.9 Å². The van der Waals surface area contributed by atoms with Gasteiger partial charge in [0, 0.05) is 58.5 Å². The van der Waals surface area contributed by atoms with Crippen molar-refractivity contribution in [3.05, 3.63) is 23.3 Å². The van der Waals surface area contributed by atoms with Crippen molar-refractivity contribution in [1.82, 2.24) is 4.90 Å². The first-order valence-electron chi connectivity index (χ1n) is 21.1. The molecule has 0 aromatic carbocycles. The van der Waals surface area contributed by atoms with Gasteiger partial charge in [-0.05, 0) is 96.0 Å². The van der Waals surface area contributed by atoms with Gasteiger partial charge in [-0.25, -0.2) is 4.79 Å². The summed E-state index contributed by atoms with van der Waals surface area (Å²) in [5.74, 6) is -8.63. The van der Waals surface area contributed by atoms with Crippen LogP contribution in [0.25, 0.3) is 0 Å². The van der Waals surface area contributed by atoms with Crippen LogP contribution in [0.15, 0.2) is 23.3 Å². The molecule has 0 radical (unpaired) electrons. The number of amides is 1. The SMILES string of the molecule is CO[C@H]1C[C@@H](C)C/C(C)=C/[C@@H](CC(C)=O)C(=O)C[C@H](O)[C@@H](C)C(/C(C)=C/[C@@H]2CC[C@@H](O)[C@H](OC)C2)OC(=O)[C@@H]2CCCCN2C(=O)C(=O)[C@]2(O)O[C@H]1[C@@H](OC)C[C@H]2C. The van der Waals surface area contributed by atoms with Crippen molar-refractivity contribution in [2.45, 2.75) is 167 Å². The second-order valence-electron chi connectivity index (χ2n) is 17.7. The lowest BCUT2D eigenvalue weighted by Crippen LogP contribution is -2.64. The summed E-state index contributed by atoms with van der Waals surface area (Å²) in [7, 11) is 4.55. The van der Waals surface area contributed by atoms with Gasteiger partial charge in [0.1, 0.15) is 29.8 Å². The number of allylic oxidation sites excluding steroid dienone is 3. The highest BCUT2D eigenvalue weighted by Gasteiger charge is 2.56. The Bertz CT molecular complexity index is 1530. The van der Waals surface area contributed by atoms with Gasteiger partial charge in [-0.2, -0.15) is 0 Å². The normalized spacial score (nSPS) is 40.5. The molecule has 2 saturated heterocycles. The zero-order chi connectivity index (χ0) is 43.1. The van der Waals surface area contributed by atoms with E-state index in [1.807, 2.05) is 19.9 Å². The monoisotopic (exact) mass is 819 g/mol. The number of Topliss-reactive ketones (excluding diaryl/α,β-unsaturated/α-hetero) is 3. The van der Waals surface area contributed by atoms with Crippen LogP contribution in [0, 0.1) is 29.6 Å². The Labute approximate surface area is 344 Å². The number of ether oxygens (including phenoxy) is 5. The largest absolute Gasteiger partial charge is 0.456 e. The number of carbonyl (C=O) groups is 5. The lowest BCUT2D eigenvalue weighted by atomic mass is 9.81. The molecule has 1 unspecified atom stereocenters. The van der Waals surface area contributed by atoms with Gasteiger partial charge in [0.05, 0.1) is 30.5 Å². The molecule has 0 aromatic rings. The van der Waals surface area contributed by atoms with Crippen molar-refractivity contribution in [3.63, 3.8) is 0 Å². The molecule has 14 atom stereocenters. The molecule has 14 nitrogen and oxygen atoms in total. The Hall–Kier alpha value is -2.85. The molecule has 3 aliphatic heterocycles. The van der Waals surface area contributed by atoms with Crippen LogP contribution in [0.4, 0.5) is 0 Å². The quantitative estimate of drug-likeness (QED) is 0.189. The van der Waals surface area contributed by atoms with Gasteiger partial charge in [-0.3, -0.25) is 19.2 Å². The number of ketones is 3. The number of aliphatic hydroxyl groups is 3. The van der Waals surface area contributed by atoms with Crippen LogP contribution in [-0.4, -0.2) is 132 Å². The molecule has 0 aromatic heterocycles. The van der Waals surface area contributed by atoms with Crippen LogP contribution >= 0.6 is 0 Å². The fraction of sp³-hybridized carbons (Fsp3) is 0.795. The Kier molecular flexibility index (Phi) is 17.4. The maximum absolute atomic E-state index is 14.3. The molecule has 3 heterocycles. The Morgan fingerprint density at radius 2 is 1.55 bits per heavy atom. The highest BCUT2D eigenvalue weighted by atomic mass is 16.7. The molecule has 4 rings (SSSR count). The van der Waals surface area contributed by atoms with E-state index in [1.165, 1.54) is 21.1 Å². The zero-order valence-corrected chi connectivity index (χ0v) is 36.0. The molecule has 3 fully saturated rings. The third kappa shape index (κ3) is 11.5. The number of rotatable bonds is 7. The van der Waals surface area contributed by atoms with Gasteiger partial charge in [0.2, 0.25) is 5.79 Å². The number of cyclic esters (lactones) is 1. The molecule has 1 amide bonds. The number of fused-ring (bicyclic) bond motifs is 3. The predicted octanol–water partition coefficient (Wildman–Crippen LogP) is 4.04. The smallest absolute Gasteiger partial charge is 0.329 e. The van der Waals surface area contributed by atoms with Crippen LogP contribution in [0.5, 0.6) is 0 Å². The highest BCUT2D eigenvalue weighted by molar-refractivity contribution is 6.39. The van der Waals surface area contributed by atoms with E-state index in [-0.39, 0.29) is 61.7 Å². The van der Waals surface area contributed by atoms with Gasteiger partial charge in [-0.1, -0.05) is 38.5 Å². The Morgan fingerprint density at radius 1 is 0.897 bits per heavy atom. The van der Waals surface area contributed by atoms with Crippen molar-refractivity contribution in [3.8, 4) is 0 Å². The number of hydrogen-bond donors (Lipinski definition) is 3. The lowest BCUT2D eigenvalue weighted by Gasteiger charge is -2.47. The number of carbonyl (C=O) groups excluding carboxylic acids is 5. The minimum absolute atomic E-state index is 0.0403. The summed E-state index contributed by atoms with van der Waals surface area (Å²) in [5, 5.41) is 34.2. The minimum Gasteiger partial charge on any atom is -0.456 e. The fourth-order valence-electron chi connectivity index (χ4n) is 9.53. The van der Waals surface area contributed by atoms with Crippen molar-refractivity contribution in [1.29, 1.82) is 0 Å². The third-order valence-corrected chi connectivity index (χ3v) is 13.0. The highest BCUT2D eigenvalue weighted by Crippen LogP contribution is 2.39. The Morgan fingerprint density at radius 3 is 2.19 bits per heavy atom. The zero-order valence-electron chi connectivity index (χ0n) is 36.0. The predicted molar refractivity (Wildman–Crippen MR) is 213 cm³/mol. The van der Waals surface area contributed by atoms with Crippen molar-refractivity contribution < 1.29 is 63.0 Å². The van der Waals surface area contributed by atoms with E-state index in [4.69, 9.17) is 23.7 Å². The molecule has 14 heteroatoms. The van der Waals surface area contributed by atoms with E-state index >= 15 is 0 Å². The van der Waals surface area contributed by atoms with Gasteiger partial charge in [0.15, 0.2) is 0 Å². The Balaban J connectivity index is 1.79. The number of esters is 1. The fourth-order valence-corrected chi connectivity index (χ4v) is 9.53. The topological polar surface area (TPSA) is 195 Å². The van der Waals surface area contributed by atoms with Crippen LogP contribution in [0.3, 0.4) is 0 Å². The summed E-state index contributed by atoms with van der Waals surface area (Å²) in [6.45, 7) is 10.4. The standard InChI is InChI=1S/C44H69NO13/c1-24-16-25(2)18-37(55-8)40-38(56-9)20-27(4)44(53,58-40)41(50)42(51)45-15-11-10-12-32(45)43(52)57-39(26(3)19-30-13-14-33(47)36(22-30)54-7)29(6)34(48)23-35(49)31(17-24)21-28(5)46/h17,19,25,27,29-34,36-40,47-48,53H,10-16,18,20-23H2,1-9H3/b24-17+,26-19+/t25-,27+,29+,30-,31-,32-,33+,34-,36+,37-,38-,39?,40+,44+/m0/s1. The second-order valence-corrected chi connectivity index (χ2v) is 17.7. The first kappa shape index (κ1) is 47.8. The average Bonchev–Trinajstić information content (AvgIpc) is 3.18. The van der Waals surface area contributed by atoms with Crippen LogP contribution < -0.4 is 0 Å². The summed E-state index contributed by atoms with van der Waals surface area (Å²) >= 11 is 0. The first-order chi connectivity index (χ1) is 27.3. The number of hydrogen-bond acceptors (Lipinski definition) is 13. The van der Waals surface area contributed by atoms with E-state index in [1.54, 1.807) is 34.0 Å². The number of aliphatic hydroxyl groups excluding tert-OH is 2. The molecular formula is C44H69NO13. The number of methoxy groups -OCH3 is 3. The van der Waals surface area contributed by atoms with Crippen molar-refractivity contribution >= 4 is 29.2 Å². The molecule has 2 bridgehead atoms. The summed E-state index contributed by atoms with van der Waals surface area (Å²) in [6, 6.07) is -1.17. The van der Waals surface area contributed by atoms with E-state index in [0.717, 1.165) is 10.5 Å². The van der Waals surface area contributed by atoms with Gasteiger partial charge >= 0.3 is 5.97 Å².